The molecule has 0 unspecified atom stereocenters. The zero-order valence-electron chi connectivity index (χ0n) is 10.0. The van der Waals surface area contributed by atoms with Crippen LogP contribution in [0.5, 0.6) is 0 Å². The van der Waals surface area contributed by atoms with Crippen molar-refractivity contribution >= 4 is 19.2 Å². The number of rotatable bonds is 2. The van der Waals surface area contributed by atoms with Gasteiger partial charge < -0.3 is 5.73 Å². The molecule has 0 saturated carbocycles. The van der Waals surface area contributed by atoms with Crippen molar-refractivity contribution in [3.63, 3.8) is 0 Å². The van der Waals surface area contributed by atoms with Crippen molar-refractivity contribution < 1.29 is 4.79 Å². The summed E-state index contributed by atoms with van der Waals surface area (Å²) in [5, 5.41) is 1.37. The second kappa shape index (κ2) is 5.00. The maximum atomic E-state index is 10.5. The van der Waals surface area contributed by atoms with Gasteiger partial charge in [-0.25, -0.2) is 0 Å². The minimum Gasteiger partial charge on any atom is -0.369 e. The summed E-state index contributed by atoms with van der Waals surface area (Å²) in [6.07, 6.45) is 0.122. The maximum absolute atomic E-state index is 10.5. The fourth-order valence-electron chi connectivity index (χ4n) is 1.30. The third-order valence-electron chi connectivity index (χ3n) is 2.22. The number of benzene rings is 1. The molecule has 0 spiro atoms. The van der Waals surface area contributed by atoms with Crippen molar-refractivity contribution in [3.8, 4) is 11.8 Å². The number of hydrogen-bond acceptors (Lipinski definition) is 1. The van der Waals surface area contributed by atoms with Gasteiger partial charge in [0.1, 0.15) is 0 Å². The largest absolute Gasteiger partial charge is 0.369 e. The number of amides is 1. The molecule has 1 rings (SSSR count). The van der Waals surface area contributed by atoms with Gasteiger partial charge in [0, 0.05) is 5.56 Å². The highest BCUT2D eigenvalue weighted by Crippen LogP contribution is 2.04. The molecule has 0 aliphatic carbocycles. The van der Waals surface area contributed by atoms with Crippen molar-refractivity contribution in [1.29, 1.82) is 0 Å². The first-order valence-electron chi connectivity index (χ1n) is 5.27. The molecule has 0 aliphatic heterocycles. The molecule has 0 radical (unpaired) electrons. The Morgan fingerprint density at radius 3 is 2.62 bits per heavy atom. The third-order valence-corrected chi connectivity index (χ3v) is 4.27. The summed E-state index contributed by atoms with van der Waals surface area (Å²) in [6.45, 7) is 6.88. The number of hydrogen-bond donors (Lipinski definition) is 1. The van der Waals surface area contributed by atoms with Crippen LogP contribution in [0.2, 0.25) is 19.6 Å². The zero-order valence-corrected chi connectivity index (χ0v) is 11.0. The van der Waals surface area contributed by atoms with Gasteiger partial charge in [0.25, 0.3) is 0 Å². The highest BCUT2D eigenvalue weighted by molar-refractivity contribution is 6.88. The van der Waals surface area contributed by atoms with E-state index in [0.717, 1.165) is 5.56 Å². The van der Waals surface area contributed by atoms with E-state index in [0.29, 0.717) is 0 Å². The Morgan fingerprint density at radius 1 is 1.38 bits per heavy atom. The number of nitrogens with two attached hydrogens (primary N) is 1. The average molecular weight is 231 g/mol. The lowest BCUT2D eigenvalue weighted by Crippen LogP contribution is -2.37. The van der Waals surface area contributed by atoms with E-state index < -0.39 is 8.07 Å². The van der Waals surface area contributed by atoms with Crippen LogP contribution in [0.1, 0.15) is 12.0 Å². The Morgan fingerprint density at radius 2 is 2.06 bits per heavy atom. The summed E-state index contributed by atoms with van der Waals surface area (Å²) in [5.41, 5.74) is 5.98. The molecule has 1 aromatic carbocycles. The van der Waals surface area contributed by atoms with Crippen LogP contribution in [0, 0.1) is 11.8 Å². The van der Waals surface area contributed by atoms with Gasteiger partial charge in [-0.2, -0.15) is 0 Å². The Bertz CT molecular complexity index is 449. The van der Waals surface area contributed by atoms with Crippen LogP contribution in [0.25, 0.3) is 0 Å². The van der Waals surface area contributed by atoms with Crippen LogP contribution in [0.15, 0.2) is 24.3 Å². The first-order valence-corrected chi connectivity index (χ1v) is 8.77. The van der Waals surface area contributed by atoms with Gasteiger partial charge in [0.05, 0.1) is 14.5 Å². The smallest absolute Gasteiger partial charge is 0.229 e. The Kier molecular flexibility index (Phi) is 3.91. The number of carbonyl (C=O) groups excluding carboxylic acids is 1. The van der Waals surface area contributed by atoms with Crippen LogP contribution in [-0.4, -0.2) is 14.0 Å². The SMILES string of the molecule is C[Si](C)(C)c1cccc(C#CCC(N)=O)c1. The quantitative estimate of drug-likeness (QED) is 0.608. The number of carbonyl (C=O) groups is 1. The Labute approximate surface area is 97.9 Å². The third kappa shape index (κ3) is 3.91. The molecule has 0 bridgehead atoms. The second-order valence-corrected chi connectivity index (χ2v) is 9.85. The predicted octanol–water partition coefficient (Wildman–Crippen LogP) is 1.46. The molecule has 1 aromatic rings. The first-order chi connectivity index (χ1) is 7.39. The van der Waals surface area contributed by atoms with Gasteiger partial charge in [0.15, 0.2) is 0 Å². The van der Waals surface area contributed by atoms with Crippen LogP contribution in [0.3, 0.4) is 0 Å². The molecule has 0 heterocycles. The predicted molar refractivity (Wildman–Crippen MR) is 70.1 cm³/mol. The van der Waals surface area contributed by atoms with Crippen molar-refractivity contribution in [2.45, 2.75) is 26.1 Å². The molecular weight excluding hydrogens is 214 g/mol. The summed E-state index contributed by atoms with van der Waals surface area (Å²) in [7, 11) is -1.29. The van der Waals surface area contributed by atoms with E-state index in [1.165, 1.54) is 5.19 Å². The molecule has 84 valence electrons. The van der Waals surface area contributed by atoms with E-state index in [9.17, 15) is 4.79 Å². The zero-order chi connectivity index (χ0) is 12.2. The lowest BCUT2D eigenvalue weighted by molar-refractivity contribution is -0.117. The molecule has 0 atom stereocenters. The van der Waals surface area contributed by atoms with Crippen LogP contribution < -0.4 is 10.9 Å². The average Bonchev–Trinajstić information content (AvgIpc) is 2.16. The standard InChI is InChI=1S/C13H17NOSi/c1-16(2,3)12-8-4-6-11(10-12)7-5-9-13(14)15/h4,6,8,10H,9H2,1-3H3,(H2,14,15). The molecule has 0 fully saturated rings. The van der Waals surface area contributed by atoms with Crippen molar-refractivity contribution in [1.82, 2.24) is 0 Å². The van der Waals surface area contributed by atoms with Gasteiger partial charge in [-0.3, -0.25) is 4.79 Å². The molecule has 0 aliphatic rings. The molecule has 2 N–H and O–H groups in total. The minimum atomic E-state index is -1.29. The molecule has 16 heavy (non-hydrogen) atoms. The molecule has 0 aromatic heterocycles. The van der Waals surface area contributed by atoms with E-state index in [1.54, 1.807) is 0 Å². The highest BCUT2D eigenvalue weighted by atomic mass is 28.3. The molecule has 0 saturated heterocycles. The van der Waals surface area contributed by atoms with E-state index in [2.05, 4.69) is 43.6 Å². The van der Waals surface area contributed by atoms with Gasteiger partial charge in [-0.05, 0) is 12.1 Å². The van der Waals surface area contributed by atoms with Crippen molar-refractivity contribution in [3.05, 3.63) is 29.8 Å². The summed E-state index contributed by atoms with van der Waals surface area (Å²) in [6, 6.07) is 8.23. The maximum Gasteiger partial charge on any atom is 0.229 e. The summed E-state index contributed by atoms with van der Waals surface area (Å²) >= 11 is 0. The van der Waals surface area contributed by atoms with Gasteiger partial charge >= 0.3 is 0 Å². The fraction of sp³-hybridized carbons (Fsp3) is 0.308. The van der Waals surface area contributed by atoms with Crippen LogP contribution >= 0.6 is 0 Å². The lowest BCUT2D eigenvalue weighted by atomic mass is 10.2. The monoisotopic (exact) mass is 231 g/mol. The Balaban J connectivity index is 2.90. The van der Waals surface area contributed by atoms with Crippen molar-refractivity contribution in [2.24, 2.45) is 5.73 Å². The number of primary amides is 1. The topological polar surface area (TPSA) is 43.1 Å². The highest BCUT2D eigenvalue weighted by Gasteiger charge is 2.15. The van der Waals surface area contributed by atoms with E-state index in [4.69, 9.17) is 5.73 Å². The molecule has 3 heteroatoms. The van der Waals surface area contributed by atoms with E-state index in [-0.39, 0.29) is 12.3 Å². The minimum absolute atomic E-state index is 0.122. The van der Waals surface area contributed by atoms with Gasteiger partial charge in [0.2, 0.25) is 5.91 Å². The van der Waals surface area contributed by atoms with Gasteiger partial charge in [-0.1, -0.05) is 48.8 Å². The fourth-order valence-corrected chi connectivity index (χ4v) is 2.48. The van der Waals surface area contributed by atoms with Crippen LogP contribution in [-0.2, 0) is 4.79 Å². The normalized spacial score (nSPS) is 10.4. The summed E-state index contributed by atoms with van der Waals surface area (Å²) in [4.78, 5) is 10.5. The molecular formula is C13H17NOSi. The molecule has 2 nitrogen and oxygen atoms in total. The second-order valence-electron chi connectivity index (χ2n) is 4.78. The van der Waals surface area contributed by atoms with Crippen molar-refractivity contribution in [2.75, 3.05) is 0 Å². The van der Waals surface area contributed by atoms with E-state index >= 15 is 0 Å². The Hall–Kier alpha value is -1.53. The summed E-state index contributed by atoms with van der Waals surface area (Å²) in [5.74, 6) is 5.35. The summed E-state index contributed by atoms with van der Waals surface area (Å²) < 4.78 is 0. The van der Waals surface area contributed by atoms with E-state index in [1.807, 2.05) is 12.1 Å². The lowest BCUT2D eigenvalue weighted by Gasteiger charge is -2.16. The van der Waals surface area contributed by atoms with Crippen LogP contribution in [0.4, 0.5) is 0 Å². The first kappa shape index (κ1) is 12.5. The van der Waals surface area contributed by atoms with Gasteiger partial charge in [-0.15, -0.1) is 0 Å². The molecule has 1 amide bonds.